The molecule has 18 heavy (non-hydrogen) atoms. The van der Waals surface area contributed by atoms with Crippen molar-refractivity contribution in [3.05, 3.63) is 35.6 Å². The first-order valence-electron chi connectivity index (χ1n) is 6.37. The predicted octanol–water partition coefficient (Wildman–Crippen LogP) is 2.05. The lowest BCUT2D eigenvalue weighted by Gasteiger charge is -2.10. The summed E-state index contributed by atoms with van der Waals surface area (Å²) < 4.78 is 18.3. The van der Waals surface area contributed by atoms with Crippen LogP contribution >= 0.6 is 0 Å². The number of carbonyl (C=O) groups is 1. The summed E-state index contributed by atoms with van der Waals surface area (Å²) in [7, 11) is 0. The predicted molar refractivity (Wildman–Crippen MR) is 66.7 cm³/mol. The maximum Gasteiger partial charge on any atom is 0.220 e. The fourth-order valence-electron chi connectivity index (χ4n) is 2.07. The van der Waals surface area contributed by atoms with Gasteiger partial charge >= 0.3 is 0 Å². The van der Waals surface area contributed by atoms with Gasteiger partial charge in [0.05, 0.1) is 6.10 Å². The molecule has 0 unspecified atom stereocenters. The van der Waals surface area contributed by atoms with Crippen molar-refractivity contribution >= 4 is 5.91 Å². The van der Waals surface area contributed by atoms with E-state index in [2.05, 4.69) is 5.32 Å². The summed E-state index contributed by atoms with van der Waals surface area (Å²) in [5, 5.41) is 2.85. The Balaban J connectivity index is 1.68. The molecule has 0 saturated carbocycles. The van der Waals surface area contributed by atoms with Crippen LogP contribution in [0.1, 0.15) is 24.8 Å². The maximum absolute atomic E-state index is 12.9. The van der Waals surface area contributed by atoms with Gasteiger partial charge in [0.25, 0.3) is 0 Å². The zero-order valence-electron chi connectivity index (χ0n) is 10.3. The molecule has 1 amide bonds. The van der Waals surface area contributed by atoms with Gasteiger partial charge in [0.15, 0.2) is 0 Å². The van der Waals surface area contributed by atoms with E-state index in [1.807, 2.05) is 6.07 Å². The molecule has 1 N–H and O–H groups in total. The molecule has 0 radical (unpaired) electrons. The number of hydrogen-bond acceptors (Lipinski definition) is 2. The number of nitrogens with one attached hydrogen (secondary N) is 1. The van der Waals surface area contributed by atoms with Crippen molar-refractivity contribution in [1.82, 2.24) is 5.32 Å². The lowest BCUT2D eigenvalue weighted by molar-refractivity contribution is -0.121. The largest absolute Gasteiger partial charge is 0.376 e. The van der Waals surface area contributed by atoms with Gasteiger partial charge in [-0.25, -0.2) is 4.39 Å². The van der Waals surface area contributed by atoms with Crippen LogP contribution in [0.5, 0.6) is 0 Å². The van der Waals surface area contributed by atoms with Gasteiger partial charge in [0, 0.05) is 19.6 Å². The van der Waals surface area contributed by atoms with Crippen molar-refractivity contribution in [3.8, 4) is 0 Å². The third-order valence-electron chi connectivity index (χ3n) is 3.08. The second-order valence-electron chi connectivity index (χ2n) is 4.57. The van der Waals surface area contributed by atoms with Crippen LogP contribution in [0, 0.1) is 5.82 Å². The zero-order chi connectivity index (χ0) is 12.8. The number of ether oxygens (including phenoxy) is 1. The SMILES string of the molecule is O=C(CCc1cccc(F)c1)NC[C@@H]1CCCO1. The summed E-state index contributed by atoms with van der Waals surface area (Å²) in [6.07, 6.45) is 3.21. The Morgan fingerprint density at radius 2 is 2.39 bits per heavy atom. The Bertz CT molecular complexity index is 403. The highest BCUT2D eigenvalue weighted by Crippen LogP contribution is 2.11. The summed E-state index contributed by atoms with van der Waals surface area (Å²) in [6, 6.07) is 6.36. The Hall–Kier alpha value is -1.42. The normalized spacial score (nSPS) is 18.8. The van der Waals surface area contributed by atoms with Crippen LogP contribution in [0.15, 0.2) is 24.3 Å². The molecule has 0 bridgehead atoms. The molecular weight excluding hydrogens is 233 g/mol. The first kappa shape index (κ1) is 13.0. The van der Waals surface area contributed by atoms with Crippen LogP contribution in [-0.4, -0.2) is 25.2 Å². The number of benzene rings is 1. The average Bonchev–Trinajstić information content (AvgIpc) is 2.87. The van der Waals surface area contributed by atoms with Gasteiger partial charge in [-0.1, -0.05) is 12.1 Å². The quantitative estimate of drug-likeness (QED) is 0.869. The Morgan fingerprint density at radius 3 is 3.11 bits per heavy atom. The maximum atomic E-state index is 12.9. The first-order chi connectivity index (χ1) is 8.74. The molecule has 0 aliphatic carbocycles. The summed E-state index contributed by atoms with van der Waals surface area (Å²) in [6.45, 7) is 1.38. The molecule has 2 rings (SSSR count). The Labute approximate surface area is 106 Å². The van der Waals surface area contributed by atoms with Crippen molar-refractivity contribution < 1.29 is 13.9 Å². The molecule has 1 aliphatic heterocycles. The van der Waals surface area contributed by atoms with Gasteiger partial charge in [0.2, 0.25) is 5.91 Å². The summed E-state index contributed by atoms with van der Waals surface area (Å²) >= 11 is 0. The molecule has 0 spiro atoms. The molecule has 1 atom stereocenters. The van der Waals surface area contributed by atoms with Crippen molar-refractivity contribution in [1.29, 1.82) is 0 Å². The standard InChI is InChI=1S/C14H18FNO2/c15-12-4-1-3-11(9-12)6-7-14(17)16-10-13-5-2-8-18-13/h1,3-4,9,13H,2,5-8,10H2,(H,16,17)/t13-/m0/s1. The van der Waals surface area contributed by atoms with Gasteiger partial charge in [-0.05, 0) is 37.0 Å². The minimum atomic E-state index is -0.257. The number of aryl methyl sites for hydroxylation is 1. The van der Waals surface area contributed by atoms with Gasteiger partial charge in [-0.15, -0.1) is 0 Å². The molecule has 1 aliphatic rings. The van der Waals surface area contributed by atoms with E-state index in [9.17, 15) is 9.18 Å². The van der Waals surface area contributed by atoms with E-state index in [4.69, 9.17) is 4.74 Å². The minimum Gasteiger partial charge on any atom is -0.376 e. The monoisotopic (exact) mass is 251 g/mol. The van der Waals surface area contributed by atoms with E-state index < -0.39 is 0 Å². The topological polar surface area (TPSA) is 38.3 Å². The van der Waals surface area contributed by atoms with Crippen molar-refractivity contribution in [2.45, 2.75) is 31.8 Å². The molecule has 1 aromatic carbocycles. The molecule has 1 aromatic rings. The highest BCUT2D eigenvalue weighted by Gasteiger charge is 2.15. The van der Waals surface area contributed by atoms with E-state index in [-0.39, 0.29) is 17.8 Å². The number of amides is 1. The van der Waals surface area contributed by atoms with Gasteiger partial charge in [-0.3, -0.25) is 4.79 Å². The molecule has 3 nitrogen and oxygen atoms in total. The lowest BCUT2D eigenvalue weighted by Crippen LogP contribution is -2.31. The van der Waals surface area contributed by atoms with Gasteiger partial charge in [0.1, 0.15) is 5.82 Å². The summed E-state index contributed by atoms with van der Waals surface area (Å²) in [5.74, 6) is -0.262. The molecule has 98 valence electrons. The number of halogens is 1. The molecule has 1 heterocycles. The molecule has 1 saturated heterocycles. The second kappa shape index (κ2) is 6.50. The van der Waals surface area contributed by atoms with E-state index >= 15 is 0 Å². The summed E-state index contributed by atoms with van der Waals surface area (Å²) in [4.78, 5) is 11.6. The van der Waals surface area contributed by atoms with Crippen LogP contribution in [-0.2, 0) is 16.0 Å². The van der Waals surface area contributed by atoms with Crippen molar-refractivity contribution in [3.63, 3.8) is 0 Å². The fourth-order valence-corrected chi connectivity index (χ4v) is 2.07. The van der Waals surface area contributed by atoms with Gasteiger partial charge < -0.3 is 10.1 Å². The van der Waals surface area contributed by atoms with Crippen LogP contribution < -0.4 is 5.32 Å². The van der Waals surface area contributed by atoms with Crippen molar-refractivity contribution in [2.75, 3.05) is 13.2 Å². The van der Waals surface area contributed by atoms with Crippen LogP contribution in [0.4, 0.5) is 4.39 Å². The first-order valence-corrected chi connectivity index (χ1v) is 6.37. The number of carbonyl (C=O) groups excluding carboxylic acids is 1. The second-order valence-corrected chi connectivity index (χ2v) is 4.57. The third kappa shape index (κ3) is 4.11. The zero-order valence-corrected chi connectivity index (χ0v) is 10.3. The summed E-state index contributed by atoms with van der Waals surface area (Å²) in [5.41, 5.74) is 0.849. The molecular formula is C14H18FNO2. The molecule has 4 heteroatoms. The van der Waals surface area contributed by atoms with Crippen LogP contribution in [0.2, 0.25) is 0 Å². The van der Waals surface area contributed by atoms with E-state index in [1.54, 1.807) is 6.07 Å². The minimum absolute atomic E-state index is 0.00485. The Kier molecular flexibility index (Phi) is 4.70. The Morgan fingerprint density at radius 1 is 1.50 bits per heavy atom. The number of hydrogen-bond donors (Lipinski definition) is 1. The smallest absolute Gasteiger partial charge is 0.220 e. The van der Waals surface area contributed by atoms with Gasteiger partial charge in [-0.2, -0.15) is 0 Å². The average molecular weight is 251 g/mol. The van der Waals surface area contributed by atoms with Crippen LogP contribution in [0.3, 0.4) is 0 Å². The van der Waals surface area contributed by atoms with E-state index in [0.29, 0.717) is 19.4 Å². The molecule has 1 fully saturated rings. The lowest BCUT2D eigenvalue weighted by atomic mass is 10.1. The highest BCUT2D eigenvalue weighted by atomic mass is 19.1. The number of rotatable bonds is 5. The van der Waals surface area contributed by atoms with E-state index in [1.165, 1.54) is 12.1 Å². The van der Waals surface area contributed by atoms with E-state index in [0.717, 1.165) is 25.0 Å². The fraction of sp³-hybridized carbons (Fsp3) is 0.500. The van der Waals surface area contributed by atoms with Crippen LogP contribution in [0.25, 0.3) is 0 Å². The molecule has 0 aromatic heterocycles. The highest BCUT2D eigenvalue weighted by molar-refractivity contribution is 5.76. The third-order valence-corrected chi connectivity index (χ3v) is 3.08. The van der Waals surface area contributed by atoms with Crippen molar-refractivity contribution in [2.24, 2.45) is 0 Å².